The molecule has 5 aromatic rings. The summed E-state index contributed by atoms with van der Waals surface area (Å²) in [5, 5.41) is 7.96. The van der Waals surface area contributed by atoms with Crippen LogP contribution in [0.25, 0.3) is 22.6 Å². The maximum Gasteiger partial charge on any atom is 0.258 e. The van der Waals surface area contributed by atoms with Crippen molar-refractivity contribution in [3.8, 4) is 5.75 Å². The minimum Gasteiger partial charge on any atom is -0.484 e. The number of halogens is 2. The van der Waals surface area contributed by atoms with E-state index in [1.165, 1.54) is 10.6 Å². The number of nitrogens with one attached hydrogen (secondary N) is 2. The van der Waals surface area contributed by atoms with Gasteiger partial charge in [-0.3, -0.25) is 9.59 Å². The molecule has 2 amide bonds. The lowest BCUT2D eigenvalue weighted by Gasteiger charge is -2.23. The van der Waals surface area contributed by atoms with Gasteiger partial charge in [-0.15, -0.1) is 23.2 Å². The second-order valence-corrected chi connectivity index (χ2v) is 14.3. The Bertz CT molecular complexity index is 2120. The van der Waals surface area contributed by atoms with Crippen molar-refractivity contribution in [2.24, 2.45) is 7.05 Å². The van der Waals surface area contributed by atoms with E-state index in [4.69, 9.17) is 27.9 Å². The molecule has 1 aromatic heterocycles. The number of alkyl halides is 2. The van der Waals surface area contributed by atoms with Gasteiger partial charge >= 0.3 is 0 Å². The van der Waals surface area contributed by atoms with Gasteiger partial charge in [-0.25, -0.2) is 4.57 Å². The van der Waals surface area contributed by atoms with E-state index in [1.807, 2.05) is 48.5 Å². The summed E-state index contributed by atoms with van der Waals surface area (Å²) in [6, 6.07) is 34.0. The third-order valence-corrected chi connectivity index (χ3v) is 10.4. The Labute approximate surface area is 325 Å². The Morgan fingerprint density at radius 3 is 2.26 bits per heavy atom. The van der Waals surface area contributed by atoms with Crippen molar-refractivity contribution in [2.75, 3.05) is 61.4 Å². The first-order valence-electron chi connectivity index (χ1n) is 17.4. The molecular formula is C42H42Cl2N5O3S+. The summed E-state index contributed by atoms with van der Waals surface area (Å²) in [7, 11) is 4.14. The minimum atomic E-state index is -0.277. The number of para-hydroxylation sites is 2. The number of thioether (sulfide) groups is 1. The molecule has 8 nitrogen and oxygen atoms in total. The van der Waals surface area contributed by atoms with Gasteiger partial charge in [0.1, 0.15) is 12.8 Å². The number of fused-ring (bicyclic) bond motifs is 2. The fourth-order valence-corrected chi connectivity index (χ4v) is 7.60. The molecule has 2 heterocycles. The summed E-state index contributed by atoms with van der Waals surface area (Å²) in [6.45, 7) is 1.79. The molecule has 0 aliphatic carbocycles. The van der Waals surface area contributed by atoms with E-state index in [9.17, 15) is 9.59 Å². The highest BCUT2D eigenvalue weighted by Crippen LogP contribution is 2.45. The standard InChI is InChI=1S/C42H41Cl2N5O3S/c1-47-24-19-32(36-7-3-4-8-37(36)47)27-33(28-41-48(2)38-9-5-6-10-39(38)53-41)30-11-13-31(14-12-30)42(51)46-23-22-45-40(50)29-52-35-17-15-34(16-18-35)49(25-20-43)26-21-44/h3-19,24,27-28H,20-23,25-26,29H2,1-2H3,(H-,45,46,50,51)/p+1. The van der Waals surface area contributed by atoms with Crippen molar-refractivity contribution in [1.29, 1.82) is 0 Å². The summed E-state index contributed by atoms with van der Waals surface area (Å²) in [4.78, 5) is 31.0. The number of carbonyl (C=O) groups excluding carboxylic acids is 2. The number of allylic oxidation sites excluding steroid dienone is 2. The van der Waals surface area contributed by atoms with E-state index in [1.54, 1.807) is 11.8 Å². The zero-order chi connectivity index (χ0) is 37.2. The zero-order valence-corrected chi connectivity index (χ0v) is 32.1. The van der Waals surface area contributed by atoms with Crippen molar-refractivity contribution in [1.82, 2.24) is 10.6 Å². The van der Waals surface area contributed by atoms with Gasteiger partial charge in [0, 0.05) is 73.3 Å². The van der Waals surface area contributed by atoms with Crippen molar-refractivity contribution in [3.63, 3.8) is 0 Å². The SMILES string of the molecule is CN1/C(=C/C(=C/c2cc[n+](C)c3ccccc23)c2ccc(C(=O)NCCNC(=O)COc3ccc(N(CCCl)CCCl)cc3)cc2)Sc2ccccc21. The number of pyridine rings is 1. The molecule has 0 unspecified atom stereocenters. The number of rotatable bonds is 15. The average molecular weight is 768 g/mol. The van der Waals surface area contributed by atoms with Gasteiger partial charge in [-0.05, 0) is 83.4 Å². The normalized spacial score (nSPS) is 13.2. The highest BCUT2D eigenvalue weighted by Gasteiger charge is 2.22. The van der Waals surface area contributed by atoms with Crippen LogP contribution in [0, 0.1) is 0 Å². The Hall–Kier alpha value is -4.96. The maximum atomic E-state index is 13.1. The molecule has 0 saturated carbocycles. The van der Waals surface area contributed by atoms with Gasteiger partial charge in [-0.1, -0.05) is 48.2 Å². The number of carbonyl (C=O) groups is 2. The van der Waals surface area contributed by atoms with Crippen LogP contribution >= 0.6 is 35.0 Å². The van der Waals surface area contributed by atoms with E-state index < -0.39 is 0 Å². The average Bonchev–Trinajstić information content (AvgIpc) is 3.51. The molecule has 0 radical (unpaired) electrons. The molecule has 4 aromatic carbocycles. The highest BCUT2D eigenvalue weighted by atomic mass is 35.5. The number of aryl methyl sites for hydroxylation is 1. The van der Waals surface area contributed by atoms with Crippen LogP contribution in [0.4, 0.5) is 11.4 Å². The summed E-state index contributed by atoms with van der Waals surface area (Å²) < 4.78 is 7.77. The lowest BCUT2D eigenvalue weighted by atomic mass is 9.99. The predicted molar refractivity (Wildman–Crippen MR) is 219 cm³/mol. The lowest BCUT2D eigenvalue weighted by molar-refractivity contribution is -0.644. The van der Waals surface area contributed by atoms with Crippen LogP contribution in [0.15, 0.2) is 125 Å². The van der Waals surface area contributed by atoms with Gasteiger partial charge in [0.25, 0.3) is 11.8 Å². The van der Waals surface area contributed by atoms with E-state index in [0.29, 0.717) is 36.2 Å². The van der Waals surface area contributed by atoms with Crippen LogP contribution < -0.4 is 29.7 Å². The van der Waals surface area contributed by atoms with E-state index in [2.05, 4.69) is 112 Å². The molecule has 0 bridgehead atoms. The molecule has 1 aliphatic rings. The molecule has 2 N–H and O–H groups in total. The van der Waals surface area contributed by atoms with Gasteiger partial charge in [0.2, 0.25) is 5.52 Å². The van der Waals surface area contributed by atoms with Crippen LogP contribution in [-0.4, -0.2) is 63.4 Å². The zero-order valence-electron chi connectivity index (χ0n) is 29.7. The molecule has 0 saturated heterocycles. The van der Waals surface area contributed by atoms with Crippen LogP contribution in [0.1, 0.15) is 21.5 Å². The van der Waals surface area contributed by atoms with Crippen LogP contribution in [0.3, 0.4) is 0 Å². The Morgan fingerprint density at radius 1 is 0.849 bits per heavy atom. The largest absolute Gasteiger partial charge is 0.484 e. The maximum absolute atomic E-state index is 13.1. The first-order chi connectivity index (χ1) is 25.8. The van der Waals surface area contributed by atoms with E-state index in [-0.39, 0.29) is 31.5 Å². The quantitative estimate of drug-likeness (QED) is 0.0654. The Morgan fingerprint density at radius 2 is 1.53 bits per heavy atom. The molecule has 11 heteroatoms. The van der Waals surface area contributed by atoms with Gasteiger partial charge < -0.3 is 25.2 Å². The smallest absolute Gasteiger partial charge is 0.258 e. The van der Waals surface area contributed by atoms with Crippen molar-refractivity contribution < 1.29 is 18.9 Å². The predicted octanol–water partition coefficient (Wildman–Crippen LogP) is 7.50. The number of anilines is 2. The van der Waals surface area contributed by atoms with Gasteiger partial charge in [-0.2, -0.15) is 0 Å². The van der Waals surface area contributed by atoms with Crippen molar-refractivity contribution in [2.45, 2.75) is 4.90 Å². The van der Waals surface area contributed by atoms with E-state index >= 15 is 0 Å². The molecule has 1 aliphatic heterocycles. The van der Waals surface area contributed by atoms with E-state index in [0.717, 1.165) is 38.3 Å². The third kappa shape index (κ3) is 9.53. The highest BCUT2D eigenvalue weighted by molar-refractivity contribution is 8.03. The summed E-state index contributed by atoms with van der Waals surface area (Å²) in [5.41, 5.74) is 6.96. The number of ether oxygens (including phenoxy) is 1. The number of aromatic nitrogens is 1. The topological polar surface area (TPSA) is 77.8 Å². The summed E-state index contributed by atoms with van der Waals surface area (Å²) >= 11 is 13.6. The number of benzene rings is 4. The Balaban J connectivity index is 1.07. The summed E-state index contributed by atoms with van der Waals surface area (Å²) in [6.07, 6.45) is 6.50. The van der Waals surface area contributed by atoms with Crippen molar-refractivity contribution >= 4 is 80.7 Å². The number of amides is 2. The number of hydrogen-bond donors (Lipinski definition) is 2. The fraction of sp³-hybridized carbons (Fsp3) is 0.214. The molecule has 53 heavy (non-hydrogen) atoms. The molecule has 6 rings (SSSR count). The van der Waals surface area contributed by atoms with Gasteiger partial charge in [0.15, 0.2) is 12.8 Å². The molecular weight excluding hydrogens is 725 g/mol. The van der Waals surface area contributed by atoms with Crippen molar-refractivity contribution in [3.05, 3.63) is 137 Å². The Kier molecular flexibility index (Phi) is 13.0. The molecule has 272 valence electrons. The molecule has 0 fully saturated rings. The number of hydrogen-bond acceptors (Lipinski definition) is 6. The number of nitrogens with zero attached hydrogens (tertiary/aromatic N) is 3. The second-order valence-electron chi connectivity index (χ2n) is 12.4. The monoisotopic (exact) mass is 766 g/mol. The summed E-state index contributed by atoms with van der Waals surface area (Å²) in [5.74, 6) is 1.09. The van der Waals surface area contributed by atoms with Gasteiger partial charge in [0.05, 0.1) is 16.1 Å². The molecule has 0 spiro atoms. The van der Waals surface area contributed by atoms with Crippen LogP contribution in [0.2, 0.25) is 0 Å². The third-order valence-electron chi connectivity index (χ3n) is 8.93. The van der Waals surface area contributed by atoms with Crippen LogP contribution in [-0.2, 0) is 11.8 Å². The first-order valence-corrected chi connectivity index (χ1v) is 19.3. The second kappa shape index (κ2) is 18.2. The minimum absolute atomic E-state index is 0.133. The lowest BCUT2D eigenvalue weighted by Crippen LogP contribution is -2.36. The first kappa shape index (κ1) is 37.8. The molecule has 0 atom stereocenters. The van der Waals surface area contributed by atoms with Crippen LogP contribution in [0.5, 0.6) is 5.75 Å². The fourth-order valence-electron chi connectivity index (χ4n) is 6.09.